The Kier molecular flexibility index (Phi) is 7.64. The molecule has 0 bridgehead atoms. The van der Waals surface area contributed by atoms with Crippen LogP contribution < -0.4 is 5.32 Å². The number of nitrogens with one attached hydrogen (secondary N) is 1. The highest BCUT2D eigenvalue weighted by Crippen LogP contribution is 2.27. The van der Waals surface area contributed by atoms with E-state index < -0.39 is 0 Å². The summed E-state index contributed by atoms with van der Waals surface area (Å²) in [6, 6.07) is 0. The Labute approximate surface area is 162 Å². The lowest BCUT2D eigenvalue weighted by Crippen LogP contribution is -2.42. The summed E-state index contributed by atoms with van der Waals surface area (Å²) in [7, 11) is 0. The Morgan fingerprint density at radius 1 is 1.22 bits per heavy atom. The molecule has 0 saturated carbocycles. The lowest BCUT2D eigenvalue weighted by atomic mass is 9.97. The fourth-order valence-corrected chi connectivity index (χ4v) is 4.10. The van der Waals surface area contributed by atoms with E-state index in [9.17, 15) is 4.79 Å². The van der Waals surface area contributed by atoms with Crippen molar-refractivity contribution in [3.8, 4) is 0 Å². The van der Waals surface area contributed by atoms with E-state index in [1.54, 1.807) is 0 Å². The van der Waals surface area contributed by atoms with E-state index in [0.29, 0.717) is 25.6 Å². The van der Waals surface area contributed by atoms with Gasteiger partial charge >= 0.3 is 0 Å². The molecule has 2 aliphatic rings. The van der Waals surface area contributed by atoms with Gasteiger partial charge in [-0.05, 0) is 52.5 Å². The highest BCUT2D eigenvalue weighted by Gasteiger charge is 2.28. The summed E-state index contributed by atoms with van der Waals surface area (Å²) >= 11 is 0. The van der Waals surface area contributed by atoms with Crippen LogP contribution >= 0.6 is 0 Å². The van der Waals surface area contributed by atoms with E-state index in [4.69, 9.17) is 4.74 Å². The maximum atomic E-state index is 12.3. The zero-order valence-corrected chi connectivity index (χ0v) is 17.0. The average Bonchev–Trinajstić information content (AvgIpc) is 2.90. The van der Waals surface area contributed by atoms with Gasteiger partial charge in [0.05, 0.1) is 12.6 Å². The van der Waals surface area contributed by atoms with Crippen molar-refractivity contribution in [2.45, 2.75) is 77.4 Å². The van der Waals surface area contributed by atoms with Crippen LogP contribution in [0.3, 0.4) is 0 Å². The molecule has 0 spiro atoms. The van der Waals surface area contributed by atoms with Gasteiger partial charge in [0.25, 0.3) is 0 Å². The molecule has 2 aliphatic heterocycles. The van der Waals surface area contributed by atoms with Crippen LogP contribution in [0, 0.1) is 0 Å². The van der Waals surface area contributed by atoms with Crippen LogP contribution in [0.15, 0.2) is 0 Å². The lowest BCUT2D eigenvalue weighted by Gasteiger charge is -2.31. The topological polar surface area (TPSA) is 72.3 Å². The lowest BCUT2D eigenvalue weighted by molar-refractivity contribution is -0.122. The molecule has 1 amide bonds. The molecular weight excluding hydrogens is 342 g/mol. The number of carbonyl (C=O) groups excluding carboxylic acids is 1. The summed E-state index contributed by atoms with van der Waals surface area (Å²) in [6.07, 6.45) is 8.13. The molecule has 1 N–H and O–H groups in total. The van der Waals surface area contributed by atoms with E-state index in [1.807, 2.05) is 13.8 Å². The number of rotatable bonds is 8. The first-order chi connectivity index (χ1) is 13.1. The Balaban J connectivity index is 1.46. The first-order valence-corrected chi connectivity index (χ1v) is 10.7. The SMILES string of the molecule is CC(C)OCCCNC(=O)CN1CCC[C@H](c2nnc3n2CCCCC3)C1. The summed E-state index contributed by atoms with van der Waals surface area (Å²) in [5.41, 5.74) is 0. The van der Waals surface area contributed by atoms with Crippen LogP contribution in [0.2, 0.25) is 0 Å². The van der Waals surface area contributed by atoms with Gasteiger partial charge in [-0.2, -0.15) is 0 Å². The van der Waals surface area contributed by atoms with Gasteiger partial charge in [-0.25, -0.2) is 0 Å². The van der Waals surface area contributed by atoms with Crippen LogP contribution in [0.25, 0.3) is 0 Å². The molecule has 7 heteroatoms. The zero-order chi connectivity index (χ0) is 19.1. The second kappa shape index (κ2) is 10.2. The molecule has 1 saturated heterocycles. The minimum Gasteiger partial charge on any atom is -0.379 e. The fourth-order valence-electron chi connectivity index (χ4n) is 4.10. The number of fused-ring (bicyclic) bond motifs is 1. The van der Waals surface area contributed by atoms with Gasteiger partial charge in [0.1, 0.15) is 11.6 Å². The van der Waals surface area contributed by atoms with Gasteiger partial charge in [0.2, 0.25) is 5.91 Å². The van der Waals surface area contributed by atoms with Crippen molar-refractivity contribution in [1.29, 1.82) is 0 Å². The predicted molar refractivity (Wildman–Crippen MR) is 105 cm³/mol. The van der Waals surface area contributed by atoms with Crippen LogP contribution in [-0.2, 0) is 22.5 Å². The number of ether oxygens (including phenoxy) is 1. The summed E-state index contributed by atoms with van der Waals surface area (Å²) in [4.78, 5) is 14.5. The van der Waals surface area contributed by atoms with Crippen LogP contribution in [0.4, 0.5) is 0 Å². The minimum atomic E-state index is 0.111. The van der Waals surface area contributed by atoms with E-state index in [-0.39, 0.29) is 12.0 Å². The Morgan fingerprint density at radius 3 is 2.96 bits per heavy atom. The fraction of sp³-hybridized carbons (Fsp3) is 0.850. The third-order valence-corrected chi connectivity index (χ3v) is 5.47. The normalized spacial score (nSPS) is 21.1. The van der Waals surface area contributed by atoms with Crippen molar-refractivity contribution in [3.63, 3.8) is 0 Å². The molecule has 0 radical (unpaired) electrons. The average molecular weight is 378 g/mol. The van der Waals surface area contributed by atoms with E-state index in [1.165, 1.54) is 19.3 Å². The van der Waals surface area contributed by atoms with E-state index in [0.717, 1.165) is 57.0 Å². The molecule has 0 unspecified atom stereocenters. The van der Waals surface area contributed by atoms with Crippen molar-refractivity contribution in [3.05, 3.63) is 11.6 Å². The first kappa shape index (κ1) is 20.3. The van der Waals surface area contributed by atoms with Crippen molar-refractivity contribution in [1.82, 2.24) is 25.0 Å². The molecular formula is C20H35N5O2. The van der Waals surface area contributed by atoms with E-state index >= 15 is 0 Å². The molecule has 1 atom stereocenters. The molecule has 3 rings (SSSR count). The number of piperidine rings is 1. The van der Waals surface area contributed by atoms with E-state index in [2.05, 4.69) is 25.0 Å². The summed E-state index contributed by atoms with van der Waals surface area (Å²) in [5.74, 6) is 2.80. The van der Waals surface area contributed by atoms with Crippen molar-refractivity contribution in [2.24, 2.45) is 0 Å². The number of amides is 1. The zero-order valence-electron chi connectivity index (χ0n) is 17.0. The third-order valence-electron chi connectivity index (χ3n) is 5.47. The molecule has 3 heterocycles. The number of aromatic nitrogens is 3. The van der Waals surface area contributed by atoms with Gasteiger partial charge in [0, 0.05) is 38.6 Å². The summed E-state index contributed by atoms with van der Waals surface area (Å²) in [6.45, 7) is 8.85. The van der Waals surface area contributed by atoms with Gasteiger partial charge < -0.3 is 14.6 Å². The number of hydrogen-bond acceptors (Lipinski definition) is 5. The number of aryl methyl sites for hydroxylation is 1. The molecule has 7 nitrogen and oxygen atoms in total. The van der Waals surface area contributed by atoms with Crippen molar-refractivity contribution < 1.29 is 9.53 Å². The largest absolute Gasteiger partial charge is 0.379 e. The van der Waals surface area contributed by atoms with Crippen molar-refractivity contribution >= 4 is 5.91 Å². The summed E-state index contributed by atoms with van der Waals surface area (Å²) in [5, 5.41) is 12.0. The molecule has 1 aromatic heterocycles. The van der Waals surface area contributed by atoms with Gasteiger partial charge in [-0.3, -0.25) is 9.69 Å². The summed E-state index contributed by atoms with van der Waals surface area (Å²) < 4.78 is 7.86. The highest BCUT2D eigenvalue weighted by atomic mass is 16.5. The smallest absolute Gasteiger partial charge is 0.234 e. The monoisotopic (exact) mass is 377 g/mol. The Hall–Kier alpha value is -1.47. The predicted octanol–water partition coefficient (Wildman–Crippen LogP) is 2.12. The number of likely N-dealkylation sites (tertiary alicyclic amines) is 1. The molecule has 152 valence electrons. The number of carbonyl (C=O) groups is 1. The molecule has 27 heavy (non-hydrogen) atoms. The molecule has 1 fully saturated rings. The van der Waals surface area contributed by atoms with Gasteiger partial charge in [0.15, 0.2) is 0 Å². The standard InChI is InChI=1S/C20H35N5O2/c1-16(2)27-13-7-10-21-19(26)15-24-11-6-8-17(14-24)20-23-22-18-9-4-3-5-12-25(18)20/h16-17H,3-15H2,1-2H3,(H,21,26)/t17-/m0/s1. The molecule has 0 aliphatic carbocycles. The first-order valence-electron chi connectivity index (χ1n) is 10.7. The maximum absolute atomic E-state index is 12.3. The number of nitrogens with zero attached hydrogens (tertiary/aromatic N) is 4. The minimum absolute atomic E-state index is 0.111. The van der Waals surface area contributed by atoms with Crippen LogP contribution in [0.5, 0.6) is 0 Å². The van der Waals surface area contributed by atoms with Crippen LogP contribution in [0.1, 0.15) is 69.9 Å². The second-order valence-corrected chi connectivity index (χ2v) is 8.13. The third kappa shape index (κ3) is 6.01. The van der Waals surface area contributed by atoms with Crippen molar-refractivity contribution in [2.75, 3.05) is 32.8 Å². The Bertz CT molecular complexity index is 601. The Morgan fingerprint density at radius 2 is 2.11 bits per heavy atom. The second-order valence-electron chi connectivity index (χ2n) is 8.13. The van der Waals surface area contributed by atoms with Gasteiger partial charge in [-0.15, -0.1) is 10.2 Å². The maximum Gasteiger partial charge on any atom is 0.234 e. The molecule has 0 aromatic carbocycles. The quantitative estimate of drug-likeness (QED) is 0.703. The van der Waals surface area contributed by atoms with Crippen LogP contribution in [-0.4, -0.2) is 64.5 Å². The molecule has 1 aromatic rings. The highest BCUT2D eigenvalue weighted by molar-refractivity contribution is 5.78. The van der Waals surface area contributed by atoms with Gasteiger partial charge in [-0.1, -0.05) is 6.42 Å². The number of hydrogen-bond donors (Lipinski definition) is 1.